The van der Waals surface area contributed by atoms with Crippen molar-refractivity contribution in [3.05, 3.63) is 34.6 Å². The highest BCUT2D eigenvalue weighted by Gasteiger charge is 2.25. The number of hydrogen-bond acceptors (Lipinski definition) is 2. The molecule has 100 valence electrons. The number of hydrogen-bond donors (Lipinski definition) is 1. The molecule has 1 fully saturated rings. The molecule has 0 spiro atoms. The minimum atomic E-state index is -0.349. The highest BCUT2D eigenvalue weighted by atomic mass is 35.5. The van der Waals surface area contributed by atoms with E-state index in [4.69, 9.17) is 11.6 Å². The monoisotopic (exact) mass is 270 g/mol. The van der Waals surface area contributed by atoms with Crippen molar-refractivity contribution in [3.8, 4) is 0 Å². The standard InChI is InChI=1S/C14H20ClFN2/c1-10(11-3-6-13(15)14(16)9-11)17-7-8-18(2)12-4-5-12/h3,6,9-10,12,17H,4-5,7-8H2,1-2H3. The van der Waals surface area contributed by atoms with Gasteiger partial charge in [0, 0.05) is 25.2 Å². The Morgan fingerprint density at radius 2 is 2.22 bits per heavy atom. The molecule has 2 nitrogen and oxygen atoms in total. The minimum Gasteiger partial charge on any atom is -0.309 e. The second kappa shape index (κ2) is 6.00. The predicted molar refractivity (Wildman–Crippen MR) is 73.5 cm³/mol. The average Bonchev–Trinajstić information content (AvgIpc) is 3.16. The summed E-state index contributed by atoms with van der Waals surface area (Å²) in [6, 6.07) is 5.92. The summed E-state index contributed by atoms with van der Waals surface area (Å²) in [5.41, 5.74) is 0.936. The zero-order valence-electron chi connectivity index (χ0n) is 10.9. The third kappa shape index (κ3) is 3.67. The summed E-state index contributed by atoms with van der Waals surface area (Å²) in [6.45, 7) is 3.99. The molecule has 1 unspecified atom stereocenters. The lowest BCUT2D eigenvalue weighted by Crippen LogP contribution is -2.32. The molecule has 0 aromatic heterocycles. The number of nitrogens with zero attached hydrogens (tertiary/aromatic N) is 1. The smallest absolute Gasteiger partial charge is 0.142 e. The molecule has 4 heteroatoms. The van der Waals surface area contributed by atoms with Crippen molar-refractivity contribution in [1.82, 2.24) is 10.2 Å². The van der Waals surface area contributed by atoms with Crippen LogP contribution in [0.15, 0.2) is 18.2 Å². The maximum atomic E-state index is 13.3. The molecule has 1 saturated carbocycles. The van der Waals surface area contributed by atoms with Crippen LogP contribution in [0.25, 0.3) is 0 Å². The van der Waals surface area contributed by atoms with Crippen LogP contribution in [-0.4, -0.2) is 31.1 Å². The van der Waals surface area contributed by atoms with E-state index in [-0.39, 0.29) is 16.9 Å². The lowest BCUT2D eigenvalue weighted by molar-refractivity contribution is 0.316. The molecule has 0 radical (unpaired) electrons. The summed E-state index contributed by atoms with van der Waals surface area (Å²) in [7, 11) is 2.16. The molecule has 1 aromatic rings. The Labute approximate surface area is 113 Å². The first-order chi connectivity index (χ1) is 8.58. The van der Waals surface area contributed by atoms with Crippen LogP contribution < -0.4 is 5.32 Å². The normalized spacial score (nSPS) is 17.2. The zero-order chi connectivity index (χ0) is 13.1. The van der Waals surface area contributed by atoms with Crippen LogP contribution in [0.3, 0.4) is 0 Å². The van der Waals surface area contributed by atoms with Crippen molar-refractivity contribution in [2.45, 2.75) is 31.8 Å². The summed E-state index contributed by atoms with van der Waals surface area (Å²) in [5, 5.41) is 3.59. The first kappa shape index (κ1) is 13.8. The van der Waals surface area contributed by atoms with Crippen LogP contribution in [0.2, 0.25) is 5.02 Å². The van der Waals surface area contributed by atoms with Crippen LogP contribution in [0.4, 0.5) is 4.39 Å². The van der Waals surface area contributed by atoms with Crippen molar-refractivity contribution in [1.29, 1.82) is 0 Å². The maximum Gasteiger partial charge on any atom is 0.142 e. The van der Waals surface area contributed by atoms with Crippen LogP contribution in [0.1, 0.15) is 31.4 Å². The van der Waals surface area contributed by atoms with Crippen molar-refractivity contribution in [2.24, 2.45) is 0 Å². The predicted octanol–water partition coefficient (Wildman–Crippen LogP) is 3.22. The van der Waals surface area contributed by atoms with Crippen molar-refractivity contribution in [2.75, 3.05) is 20.1 Å². The van der Waals surface area contributed by atoms with Crippen LogP contribution >= 0.6 is 11.6 Å². The highest BCUT2D eigenvalue weighted by molar-refractivity contribution is 6.30. The van der Waals surface area contributed by atoms with E-state index in [9.17, 15) is 4.39 Å². The Bertz CT molecular complexity index is 407. The van der Waals surface area contributed by atoms with Gasteiger partial charge in [-0.05, 0) is 44.5 Å². The number of rotatable bonds is 6. The van der Waals surface area contributed by atoms with Gasteiger partial charge < -0.3 is 10.2 Å². The van der Waals surface area contributed by atoms with E-state index in [1.165, 1.54) is 18.9 Å². The Morgan fingerprint density at radius 1 is 1.50 bits per heavy atom. The molecule has 0 amide bonds. The van der Waals surface area contributed by atoms with Gasteiger partial charge in [0.25, 0.3) is 0 Å². The second-order valence-corrected chi connectivity index (χ2v) is 5.47. The number of nitrogens with one attached hydrogen (secondary N) is 1. The van der Waals surface area contributed by atoms with Gasteiger partial charge in [-0.1, -0.05) is 17.7 Å². The van der Waals surface area contributed by atoms with Gasteiger partial charge >= 0.3 is 0 Å². The third-order valence-corrected chi connectivity index (χ3v) is 3.84. The Hall–Kier alpha value is -0.640. The molecular formula is C14H20ClFN2. The van der Waals surface area contributed by atoms with Gasteiger partial charge in [-0.2, -0.15) is 0 Å². The molecule has 0 aliphatic heterocycles. The molecule has 0 bridgehead atoms. The fraction of sp³-hybridized carbons (Fsp3) is 0.571. The first-order valence-electron chi connectivity index (χ1n) is 6.46. The van der Waals surface area contributed by atoms with E-state index >= 15 is 0 Å². The lowest BCUT2D eigenvalue weighted by Gasteiger charge is -2.19. The van der Waals surface area contributed by atoms with Crippen molar-refractivity contribution < 1.29 is 4.39 Å². The number of halogens is 2. The van der Waals surface area contributed by atoms with Crippen LogP contribution in [-0.2, 0) is 0 Å². The number of benzene rings is 1. The maximum absolute atomic E-state index is 13.3. The van der Waals surface area contributed by atoms with E-state index < -0.39 is 0 Å². The molecule has 18 heavy (non-hydrogen) atoms. The molecular weight excluding hydrogens is 251 g/mol. The third-order valence-electron chi connectivity index (χ3n) is 3.53. The van der Waals surface area contributed by atoms with Gasteiger partial charge in [0.05, 0.1) is 5.02 Å². The number of likely N-dealkylation sites (N-methyl/N-ethyl adjacent to an activating group) is 1. The average molecular weight is 271 g/mol. The summed E-state index contributed by atoms with van der Waals surface area (Å²) in [6.07, 6.45) is 2.66. The van der Waals surface area contributed by atoms with Crippen LogP contribution in [0.5, 0.6) is 0 Å². The fourth-order valence-corrected chi connectivity index (χ4v) is 2.17. The molecule has 1 aliphatic carbocycles. The lowest BCUT2D eigenvalue weighted by atomic mass is 10.1. The topological polar surface area (TPSA) is 15.3 Å². The largest absolute Gasteiger partial charge is 0.309 e. The van der Waals surface area contributed by atoms with Crippen molar-refractivity contribution in [3.63, 3.8) is 0 Å². The fourth-order valence-electron chi connectivity index (χ4n) is 2.05. The van der Waals surface area contributed by atoms with E-state index in [2.05, 4.69) is 17.3 Å². The molecule has 1 aliphatic rings. The van der Waals surface area contributed by atoms with E-state index in [1.807, 2.05) is 13.0 Å². The molecule has 0 saturated heterocycles. The molecule has 2 rings (SSSR count). The van der Waals surface area contributed by atoms with Gasteiger partial charge in [-0.15, -0.1) is 0 Å². The van der Waals surface area contributed by atoms with E-state index in [0.717, 1.165) is 24.7 Å². The molecule has 0 heterocycles. The Balaban J connectivity index is 1.79. The summed E-state index contributed by atoms with van der Waals surface area (Å²) >= 11 is 5.67. The van der Waals surface area contributed by atoms with Gasteiger partial charge in [-0.3, -0.25) is 0 Å². The SMILES string of the molecule is CC(NCCN(C)C1CC1)c1ccc(Cl)c(F)c1. The summed E-state index contributed by atoms with van der Waals surface area (Å²) < 4.78 is 13.3. The summed E-state index contributed by atoms with van der Waals surface area (Å²) in [4.78, 5) is 2.38. The van der Waals surface area contributed by atoms with Gasteiger partial charge in [-0.25, -0.2) is 4.39 Å². The van der Waals surface area contributed by atoms with E-state index in [0.29, 0.717) is 0 Å². The Morgan fingerprint density at radius 3 is 2.83 bits per heavy atom. The zero-order valence-corrected chi connectivity index (χ0v) is 11.7. The molecule has 1 N–H and O–H groups in total. The molecule has 1 atom stereocenters. The van der Waals surface area contributed by atoms with E-state index in [1.54, 1.807) is 6.07 Å². The second-order valence-electron chi connectivity index (χ2n) is 5.06. The molecule has 1 aromatic carbocycles. The van der Waals surface area contributed by atoms with Gasteiger partial charge in [0.15, 0.2) is 0 Å². The Kier molecular flexibility index (Phi) is 4.60. The van der Waals surface area contributed by atoms with Gasteiger partial charge in [0.1, 0.15) is 5.82 Å². The minimum absolute atomic E-state index is 0.143. The van der Waals surface area contributed by atoms with Crippen LogP contribution in [0, 0.1) is 5.82 Å². The first-order valence-corrected chi connectivity index (χ1v) is 6.84. The quantitative estimate of drug-likeness (QED) is 0.854. The summed E-state index contributed by atoms with van der Waals surface area (Å²) in [5.74, 6) is -0.349. The van der Waals surface area contributed by atoms with Crippen molar-refractivity contribution >= 4 is 11.6 Å². The van der Waals surface area contributed by atoms with Gasteiger partial charge in [0.2, 0.25) is 0 Å². The highest BCUT2D eigenvalue weighted by Crippen LogP contribution is 2.25.